The molecular formula is C11H13Cl2N3O. The molecule has 0 radical (unpaired) electrons. The summed E-state index contributed by atoms with van der Waals surface area (Å²) < 4.78 is 0. The lowest BCUT2D eigenvalue weighted by Crippen LogP contribution is -2.32. The van der Waals surface area contributed by atoms with Gasteiger partial charge in [0.1, 0.15) is 5.69 Å². The van der Waals surface area contributed by atoms with Crippen molar-refractivity contribution < 1.29 is 4.79 Å². The Bertz CT molecular complexity index is 475. The van der Waals surface area contributed by atoms with E-state index in [1.165, 1.54) is 0 Å². The highest BCUT2D eigenvalue weighted by Crippen LogP contribution is 2.42. The van der Waals surface area contributed by atoms with Crippen molar-refractivity contribution in [3.05, 3.63) is 21.4 Å². The molecule has 2 aliphatic rings. The highest BCUT2D eigenvalue weighted by atomic mass is 35.5. The first-order valence-corrected chi connectivity index (χ1v) is 6.40. The van der Waals surface area contributed by atoms with Gasteiger partial charge in [-0.3, -0.25) is 4.79 Å². The lowest BCUT2D eigenvalue weighted by molar-refractivity contribution is 0.0942. The maximum absolute atomic E-state index is 12.0. The first-order valence-electron chi connectivity index (χ1n) is 5.64. The Morgan fingerprint density at radius 2 is 1.94 bits per heavy atom. The Balaban J connectivity index is 1.72. The maximum atomic E-state index is 12.0. The van der Waals surface area contributed by atoms with Gasteiger partial charge in [0.25, 0.3) is 5.91 Å². The van der Waals surface area contributed by atoms with E-state index in [4.69, 9.17) is 23.2 Å². The summed E-state index contributed by atoms with van der Waals surface area (Å²) in [5.41, 5.74) is 1.09. The summed E-state index contributed by atoms with van der Waals surface area (Å²) in [7, 11) is 0. The minimum atomic E-state index is -0.163. The van der Waals surface area contributed by atoms with E-state index in [0.717, 1.165) is 18.8 Å². The van der Waals surface area contributed by atoms with Gasteiger partial charge in [-0.2, -0.15) is 0 Å². The van der Waals surface area contributed by atoms with E-state index < -0.39 is 0 Å². The van der Waals surface area contributed by atoms with Crippen molar-refractivity contribution in [1.82, 2.24) is 15.6 Å². The number of rotatable bonds is 2. The average Bonchev–Trinajstić information content (AvgIpc) is 2.67. The van der Waals surface area contributed by atoms with E-state index in [1.807, 2.05) is 0 Å². The standard InChI is InChI=1S/C11H13Cl2N3O/c1-4-7(12)8(13)10(15-4)11(17)16-9-5-2-14-3-6(5)9/h5-6,9,14-15H,2-3H2,1H3,(H,16,17)/t5-,6+,9-. The van der Waals surface area contributed by atoms with E-state index >= 15 is 0 Å². The fraction of sp³-hybridized carbons (Fsp3) is 0.545. The second-order valence-electron chi connectivity index (χ2n) is 4.74. The third kappa shape index (κ3) is 1.75. The molecule has 17 heavy (non-hydrogen) atoms. The number of carbonyl (C=O) groups is 1. The van der Waals surface area contributed by atoms with E-state index in [1.54, 1.807) is 6.92 Å². The van der Waals surface area contributed by atoms with Gasteiger partial charge in [0.15, 0.2) is 0 Å². The molecule has 2 fully saturated rings. The molecule has 1 aromatic rings. The zero-order valence-electron chi connectivity index (χ0n) is 9.31. The zero-order chi connectivity index (χ0) is 12.2. The molecule has 6 heteroatoms. The lowest BCUT2D eigenvalue weighted by Gasteiger charge is -2.06. The van der Waals surface area contributed by atoms with Crippen LogP contribution in [0.3, 0.4) is 0 Å². The van der Waals surface area contributed by atoms with E-state index in [0.29, 0.717) is 33.6 Å². The van der Waals surface area contributed by atoms with Crippen molar-refractivity contribution in [2.24, 2.45) is 11.8 Å². The summed E-state index contributed by atoms with van der Waals surface area (Å²) in [6.07, 6.45) is 0. The molecule has 1 aliphatic heterocycles. The van der Waals surface area contributed by atoms with Crippen molar-refractivity contribution in [1.29, 1.82) is 0 Å². The Morgan fingerprint density at radius 3 is 2.47 bits per heavy atom. The topological polar surface area (TPSA) is 56.9 Å². The Kier molecular flexibility index (Phi) is 2.61. The number of aromatic nitrogens is 1. The molecule has 4 nitrogen and oxygen atoms in total. The highest BCUT2D eigenvalue weighted by molar-refractivity contribution is 6.44. The number of amides is 1. The smallest absolute Gasteiger partial charge is 0.269 e. The van der Waals surface area contributed by atoms with Crippen LogP contribution in [0.5, 0.6) is 0 Å². The van der Waals surface area contributed by atoms with Crippen LogP contribution in [0, 0.1) is 18.8 Å². The number of piperidine rings is 1. The molecule has 1 aromatic heterocycles. The number of hydrogen-bond donors (Lipinski definition) is 3. The van der Waals surface area contributed by atoms with Crippen LogP contribution < -0.4 is 10.6 Å². The minimum Gasteiger partial charge on any atom is -0.352 e. The van der Waals surface area contributed by atoms with Crippen LogP contribution in [0.25, 0.3) is 0 Å². The summed E-state index contributed by atoms with van der Waals surface area (Å²) in [6, 6.07) is 0.294. The van der Waals surface area contributed by atoms with Crippen LogP contribution in [0.15, 0.2) is 0 Å². The Morgan fingerprint density at radius 1 is 1.29 bits per heavy atom. The van der Waals surface area contributed by atoms with Crippen LogP contribution in [-0.2, 0) is 0 Å². The van der Waals surface area contributed by atoms with E-state index in [9.17, 15) is 4.79 Å². The van der Waals surface area contributed by atoms with Crippen molar-refractivity contribution >= 4 is 29.1 Å². The van der Waals surface area contributed by atoms with Crippen LogP contribution >= 0.6 is 23.2 Å². The first kappa shape index (κ1) is 11.4. The predicted molar refractivity (Wildman–Crippen MR) is 66.7 cm³/mol. The third-order valence-electron chi connectivity index (χ3n) is 3.67. The number of aromatic amines is 1. The molecule has 3 rings (SSSR count). The van der Waals surface area contributed by atoms with Gasteiger partial charge in [0.05, 0.1) is 10.0 Å². The highest BCUT2D eigenvalue weighted by Gasteiger charge is 2.53. The summed E-state index contributed by atoms with van der Waals surface area (Å²) in [6.45, 7) is 3.78. The van der Waals surface area contributed by atoms with Gasteiger partial charge in [-0.25, -0.2) is 0 Å². The zero-order valence-corrected chi connectivity index (χ0v) is 10.8. The third-order valence-corrected chi connectivity index (χ3v) is 4.62. The number of fused-ring (bicyclic) bond motifs is 1. The number of H-pyrrole nitrogens is 1. The number of aryl methyl sites for hydroxylation is 1. The quantitative estimate of drug-likeness (QED) is 0.767. The van der Waals surface area contributed by atoms with Crippen molar-refractivity contribution in [3.63, 3.8) is 0 Å². The normalized spacial score (nSPS) is 30.2. The van der Waals surface area contributed by atoms with E-state index in [-0.39, 0.29) is 5.91 Å². The molecule has 2 heterocycles. The summed E-state index contributed by atoms with van der Waals surface area (Å²) >= 11 is 11.9. The predicted octanol–water partition coefficient (Wildman–Crippen LogP) is 1.58. The van der Waals surface area contributed by atoms with Gasteiger partial charge < -0.3 is 15.6 Å². The van der Waals surface area contributed by atoms with Crippen LogP contribution in [0.4, 0.5) is 0 Å². The summed E-state index contributed by atoms with van der Waals surface area (Å²) in [5, 5.41) is 7.02. The molecule has 1 saturated heterocycles. The molecule has 3 N–H and O–H groups in total. The Hall–Kier alpha value is -0.710. The van der Waals surface area contributed by atoms with Gasteiger partial charge in [-0.15, -0.1) is 0 Å². The molecule has 0 unspecified atom stereocenters. The number of hydrogen-bond acceptors (Lipinski definition) is 2. The second-order valence-corrected chi connectivity index (χ2v) is 5.49. The molecular weight excluding hydrogens is 261 g/mol. The van der Waals surface area contributed by atoms with E-state index in [2.05, 4.69) is 15.6 Å². The first-order chi connectivity index (χ1) is 8.09. The Labute approximate surface area is 109 Å². The average molecular weight is 274 g/mol. The van der Waals surface area contributed by atoms with Gasteiger partial charge in [-0.1, -0.05) is 23.2 Å². The fourth-order valence-corrected chi connectivity index (χ4v) is 3.00. The van der Waals surface area contributed by atoms with Gasteiger partial charge in [0, 0.05) is 24.8 Å². The van der Waals surface area contributed by atoms with Crippen LogP contribution in [-0.4, -0.2) is 30.0 Å². The van der Waals surface area contributed by atoms with Crippen molar-refractivity contribution in [2.75, 3.05) is 13.1 Å². The molecule has 1 aliphatic carbocycles. The van der Waals surface area contributed by atoms with Crippen LogP contribution in [0.1, 0.15) is 16.2 Å². The SMILES string of the molecule is Cc1[nH]c(C(=O)N[C@@H]2[C@@H]3CNC[C@@H]32)c(Cl)c1Cl. The molecule has 0 aromatic carbocycles. The largest absolute Gasteiger partial charge is 0.352 e. The van der Waals surface area contributed by atoms with Crippen molar-refractivity contribution in [3.8, 4) is 0 Å². The number of carbonyl (C=O) groups excluding carboxylic acids is 1. The monoisotopic (exact) mass is 273 g/mol. The van der Waals surface area contributed by atoms with Gasteiger partial charge in [0.2, 0.25) is 0 Å². The summed E-state index contributed by atoms with van der Waals surface area (Å²) in [4.78, 5) is 14.9. The molecule has 1 amide bonds. The minimum absolute atomic E-state index is 0.163. The number of halogens is 2. The lowest BCUT2D eigenvalue weighted by atomic mass is 10.3. The molecule has 0 bridgehead atoms. The molecule has 1 saturated carbocycles. The van der Waals surface area contributed by atoms with Crippen LogP contribution in [0.2, 0.25) is 10.0 Å². The molecule has 3 atom stereocenters. The molecule has 92 valence electrons. The molecule has 0 spiro atoms. The maximum Gasteiger partial charge on any atom is 0.269 e. The van der Waals surface area contributed by atoms with Gasteiger partial charge >= 0.3 is 0 Å². The fourth-order valence-electron chi connectivity index (χ4n) is 2.58. The van der Waals surface area contributed by atoms with Crippen molar-refractivity contribution in [2.45, 2.75) is 13.0 Å². The second kappa shape index (κ2) is 3.90. The number of nitrogens with one attached hydrogen (secondary N) is 3. The van der Waals surface area contributed by atoms with Gasteiger partial charge in [-0.05, 0) is 18.8 Å². The summed E-state index contributed by atoms with van der Waals surface area (Å²) in [5.74, 6) is 1.01.